The number of hydrogen-bond acceptors (Lipinski definition) is 5. The van der Waals surface area contributed by atoms with Gasteiger partial charge in [0, 0.05) is 6.42 Å². The van der Waals surface area contributed by atoms with Crippen LogP contribution < -0.4 is 10.6 Å². The Morgan fingerprint density at radius 2 is 1.52 bits per heavy atom. The molecule has 0 aliphatic carbocycles. The molecule has 8 heteroatoms. The van der Waals surface area contributed by atoms with Gasteiger partial charge in [-0.25, -0.2) is 4.98 Å². The Balaban J connectivity index is 1.95. The van der Waals surface area contributed by atoms with Gasteiger partial charge in [0.25, 0.3) is 17.4 Å². The predicted molar refractivity (Wildman–Crippen MR) is 95.3 cm³/mol. The quantitative estimate of drug-likeness (QED) is 0.701. The Labute approximate surface area is 152 Å². The van der Waals surface area contributed by atoms with Crippen LogP contribution in [0, 0.1) is 0 Å². The molecule has 134 valence electrons. The van der Waals surface area contributed by atoms with Crippen molar-refractivity contribution in [3.63, 3.8) is 0 Å². The van der Waals surface area contributed by atoms with Gasteiger partial charge < -0.3 is 5.11 Å². The van der Waals surface area contributed by atoms with Crippen LogP contribution in [0.5, 0.6) is 0 Å². The Morgan fingerprint density at radius 3 is 2.15 bits per heavy atom. The average molecular weight is 363 g/mol. The van der Waals surface area contributed by atoms with Crippen LogP contribution in [0.1, 0.15) is 33.0 Å². The number of hydrogen-bond donors (Lipinski definition) is 1. The Bertz CT molecular complexity index is 1150. The first-order valence-corrected chi connectivity index (χ1v) is 8.19. The molecule has 0 radical (unpaired) electrons. The van der Waals surface area contributed by atoms with Crippen LogP contribution in [-0.4, -0.2) is 32.6 Å². The van der Waals surface area contributed by atoms with E-state index in [1.165, 1.54) is 12.1 Å². The average Bonchev–Trinajstić information content (AvgIpc) is 2.91. The summed E-state index contributed by atoms with van der Waals surface area (Å²) in [6.45, 7) is 0. The molecule has 1 aliphatic heterocycles. The summed E-state index contributed by atoms with van der Waals surface area (Å²) in [7, 11) is 0. The molecule has 0 fully saturated rings. The van der Waals surface area contributed by atoms with Crippen molar-refractivity contribution in [3.05, 3.63) is 75.8 Å². The zero-order valence-electron chi connectivity index (χ0n) is 14.0. The summed E-state index contributed by atoms with van der Waals surface area (Å²) >= 11 is 0. The topological polar surface area (TPSA) is 110 Å². The molecule has 2 amide bonds. The largest absolute Gasteiger partial charge is 0.481 e. The molecule has 1 aromatic heterocycles. The minimum Gasteiger partial charge on any atom is -0.481 e. The summed E-state index contributed by atoms with van der Waals surface area (Å²) in [5.74, 6) is -2.33. The van der Waals surface area contributed by atoms with Gasteiger partial charge >= 0.3 is 5.97 Å². The maximum absolute atomic E-state index is 13.1. The van der Waals surface area contributed by atoms with Crippen molar-refractivity contribution >= 4 is 28.7 Å². The third-order valence-electron chi connectivity index (χ3n) is 4.36. The molecule has 2 heterocycles. The number of carboxylic acid groups (broad SMARTS) is 1. The summed E-state index contributed by atoms with van der Waals surface area (Å²) in [6, 6.07) is 12.8. The van der Waals surface area contributed by atoms with Crippen molar-refractivity contribution in [2.45, 2.75) is 12.8 Å². The highest BCUT2D eigenvalue weighted by Crippen LogP contribution is 2.22. The van der Waals surface area contributed by atoms with E-state index in [4.69, 9.17) is 5.11 Å². The monoisotopic (exact) mass is 363 g/mol. The molecule has 1 N–H and O–H groups in total. The number of rotatable bonds is 4. The maximum atomic E-state index is 13.1. The number of aryl methyl sites for hydroxylation is 1. The van der Waals surface area contributed by atoms with Crippen molar-refractivity contribution in [3.8, 4) is 0 Å². The van der Waals surface area contributed by atoms with E-state index in [2.05, 4.69) is 4.98 Å². The van der Waals surface area contributed by atoms with Crippen LogP contribution >= 0.6 is 0 Å². The summed E-state index contributed by atoms with van der Waals surface area (Å²) in [6.07, 6.45) is -0.406. The SMILES string of the molecule is O=C(O)CCc1nc2ccccc2c(=O)n1N1C(=O)c2ccccc2C1=O. The number of imide groups is 1. The number of para-hydroxylation sites is 1. The molecule has 0 spiro atoms. The van der Waals surface area contributed by atoms with Gasteiger partial charge in [-0.3, -0.25) is 19.2 Å². The van der Waals surface area contributed by atoms with Gasteiger partial charge in [-0.1, -0.05) is 24.3 Å². The predicted octanol–water partition coefficient (Wildman–Crippen LogP) is 1.35. The number of nitrogens with zero attached hydrogens (tertiary/aromatic N) is 3. The number of carbonyl (C=O) groups is 3. The summed E-state index contributed by atoms with van der Waals surface area (Å²) in [4.78, 5) is 54.0. The summed E-state index contributed by atoms with van der Waals surface area (Å²) in [5, 5.41) is 9.97. The minimum atomic E-state index is -1.08. The lowest BCUT2D eigenvalue weighted by Crippen LogP contribution is -2.48. The molecule has 2 aromatic carbocycles. The van der Waals surface area contributed by atoms with Crippen molar-refractivity contribution in [2.75, 3.05) is 5.01 Å². The second-order valence-electron chi connectivity index (χ2n) is 6.02. The zero-order chi connectivity index (χ0) is 19.1. The van der Waals surface area contributed by atoms with E-state index in [0.29, 0.717) is 5.52 Å². The Morgan fingerprint density at radius 1 is 0.926 bits per heavy atom. The highest BCUT2D eigenvalue weighted by atomic mass is 16.4. The van der Waals surface area contributed by atoms with Crippen LogP contribution in [0.25, 0.3) is 10.9 Å². The normalized spacial score (nSPS) is 13.3. The summed E-state index contributed by atoms with van der Waals surface area (Å²) in [5.41, 5.74) is 0.143. The highest BCUT2D eigenvalue weighted by Gasteiger charge is 2.38. The van der Waals surface area contributed by atoms with Gasteiger partial charge in [0.15, 0.2) is 0 Å². The standard InChI is InChI=1S/C19H13N3O5/c23-16(24)10-9-15-20-14-8-4-3-7-13(14)19(27)21(15)22-17(25)11-5-1-2-6-12(11)18(22)26/h1-8H,9-10H2,(H,23,24). The number of aliphatic carboxylic acids is 1. The molecule has 0 bridgehead atoms. The molecule has 0 saturated heterocycles. The molecule has 3 aromatic rings. The zero-order valence-corrected chi connectivity index (χ0v) is 14.0. The van der Waals surface area contributed by atoms with Gasteiger partial charge in [-0.15, -0.1) is 0 Å². The molecule has 0 saturated carbocycles. The number of amides is 2. The number of fused-ring (bicyclic) bond motifs is 2. The van der Waals surface area contributed by atoms with E-state index >= 15 is 0 Å². The maximum Gasteiger partial charge on any atom is 0.303 e. The minimum absolute atomic E-state index is 0.0376. The fourth-order valence-electron chi connectivity index (χ4n) is 3.11. The van der Waals surface area contributed by atoms with E-state index in [-0.39, 0.29) is 35.2 Å². The first-order chi connectivity index (χ1) is 13.0. The van der Waals surface area contributed by atoms with Gasteiger partial charge in [0.1, 0.15) is 5.82 Å². The molecule has 8 nitrogen and oxygen atoms in total. The van der Waals surface area contributed by atoms with Crippen molar-refractivity contribution < 1.29 is 19.5 Å². The van der Waals surface area contributed by atoms with E-state index < -0.39 is 23.3 Å². The van der Waals surface area contributed by atoms with Crippen LogP contribution in [0.4, 0.5) is 0 Å². The second kappa shape index (κ2) is 6.17. The number of aromatic nitrogens is 2. The lowest BCUT2D eigenvalue weighted by molar-refractivity contribution is -0.137. The Kier molecular flexibility index (Phi) is 3.80. The van der Waals surface area contributed by atoms with Gasteiger partial charge in [-0.05, 0) is 24.3 Å². The summed E-state index contributed by atoms with van der Waals surface area (Å²) < 4.78 is 0.899. The second-order valence-corrected chi connectivity index (χ2v) is 6.02. The first-order valence-electron chi connectivity index (χ1n) is 8.19. The van der Waals surface area contributed by atoms with Gasteiger partial charge in [-0.2, -0.15) is 9.69 Å². The number of benzene rings is 2. The lowest BCUT2D eigenvalue weighted by atomic mass is 10.1. The lowest BCUT2D eigenvalue weighted by Gasteiger charge is -2.20. The Hall–Kier alpha value is -3.81. The molecular formula is C19H13N3O5. The molecule has 4 rings (SSSR count). The van der Waals surface area contributed by atoms with E-state index in [9.17, 15) is 19.2 Å². The fraction of sp³-hybridized carbons (Fsp3) is 0.105. The van der Waals surface area contributed by atoms with Crippen molar-refractivity contribution in [1.82, 2.24) is 9.66 Å². The van der Waals surface area contributed by atoms with Crippen LogP contribution in [0.15, 0.2) is 53.3 Å². The van der Waals surface area contributed by atoms with E-state index in [1.807, 2.05) is 0 Å². The van der Waals surface area contributed by atoms with Crippen LogP contribution in [0.2, 0.25) is 0 Å². The number of carbonyl (C=O) groups excluding carboxylic acids is 2. The van der Waals surface area contributed by atoms with Gasteiger partial charge in [0.2, 0.25) is 0 Å². The van der Waals surface area contributed by atoms with E-state index in [1.54, 1.807) is 36.4 Å². The first kappa shape index (κ1) is 16.6. The molecule has 1 aliphatic rings. The van der Waals surface area contributed by atoms with Gasteiger partial charge in [0.05, 0.1) is 28.5 Å². The smallest absolute Gasteiger partial charge is 0.303 e. The molecule has 0 atom stereocenters. The molecule has 0 unspecified atom stereocenters. The highest BCUT2D eigenvalue weighted by molar-refractivity contribution is 6.30. The number of carboxylic acids is 1. The van der Waals surface area contributed by atoms with Crippen molar-refractivity contribution in [2.24, 2.45) is 0 Å². The third kappa shape index (κ3) is 2.58. The molecular weight excluding hydrogens is 350 g/mol. The molecule has 27 heavy (non-hydrogen) atoms. The third-order valence-corrected chi connectivity index (χ3v) is 4.36. The van der Waals surface area contributed by atoms with Crippen molar-refractivity contribution in [1.29, 1.82) is 0 Å². The van der Waals surface area contributed by atoms with Crippen LogP contribution in [0.3, 0.4) is 0 Å². The fourth-order valence-corrected chi connectivity index (χ4v) is 3.11. The van der Waals surface area contributed by atoms with E-state index in [0.717, 1.165) is 9.69 Å². The van der Waals surface area contributed by atoms with Crippen LogP contribution in [-0.2, 0) is 11.2 Å².